The van der Waals surface area contributed by atoms with Crippen molar-refractivity contribution in [1.29, 1.82) is 0 Å². The van der Waals surface area contributed by atoms with Gasteiger partial charge in [0.15, 0.2) is 4.34 Å². The van der Waals surface area contributed by atoms with E-state index in [0.717, 1.165) is 44.2 Å². The number of nitrogens with one attached hydrogen (secondary N) is 1. The molecule has 0 saturated heterocycles. The smallest absolute Gasteiger partial charge is 0.267 e. The van der Waals surface area contributed by atoms with Crippen LogP contribution < -0.4 is 5.43 Å². The zero-order valence-electron chi connectivity index (χ0n) is 15.5. The average Bonchev–Trinajstić information content (AvgIpc) is 3.18. The second kappa shape index (κ2) is 9.15. The molecule has 0 aliphatic heterocycles. The van der Waals surface area contributed by atoms with Crippen LogP contribution in [0.3, 0.4) is 0 Å². The maximum Gasteiger partial charge on any atom is 0.271 e. The molecule has 4 nitrogen and oxygen atoms in total. The molecule has 4 rings (SSSR count). The maximum atomic E-state index is 13.5. The van der Waals surface area contributed by atoms with Crippen LogP contribution in [0.5, 0.6) is 0 Å². The van der Waals surface area contributed by atoms with Gasteiger partial charge >= 0.3 is 0 Å². The molecule has 4 aromatic rings. The molecule has 0 fully saturated rings. The van der Waals surface area contributed by atoms with Gasteiger partial charge in [-0.05, 0) is 42.0 Å². The molecule has 8 heteroatoms. The Morgan fingerprint density at radius 3 is 2.50 bits per heavy atom. The van der Waals surface area contributed by atoms with Gasteiger partial charge in [-0.1, -0.05) is 42.1 Å². The lowest BCUT2D eigenvalue weighted by molar-refractivity contribution is 0.0955. The van der Waals surface area contributed by atoms with E-state index >= 15 is 0 Å². The summed E-state index contributed by atoms with van der Waals surface area (Å²) in [6.07, 6.45) is 0.950. The van der Waals surface area contributed by atoms with E-state index in [1.807, 2.05) is 36.4 Å². The van der Waals surface area contributed by atoms with Crippen molar-refractivity contribution in [1.82, 2.24) is 10.4 Å². The van der Waals surface area contributed by atoms with E-state index in [2.05, 4.69) is 15.5 Å². The Bertz CT molecular complexity index is 1170. The number of nitrogens with zero attached hydrogens (tertiary/aromatic N) is 2. The number of thioether (sulfide) groups is 1. The fraction of sp³-hybridized carbons (Fsp3) is 0.0455. The molecule has 150 valence electrons. The predicted molar refractivity (Wildman–Crippen MR) is 117 cm³/mol. The number of hydrazone groups is 1. The first-order chi connectivity index (χ1) is 14.6. The number of halogens is 2. The molecule has 0 spiro atoms. The fourth-order valence-electron chi connectivity index (χ4n) is 2.66. The van der Waals surface area contributed by atoms with Crippen LogP contribution in [0, 0.1) is 11.6 Å². The van der Waals surface area contributed by atoms with Crippen LogP contribution in [0.1, 0.15) is 21.5 Å². The van der Waals surface area contributed by atoms with Gasteiger partial charge in [-0.15, -0.1) is 11.3 Å². The molecule has 0 aliphatic carbocycles. The highest BCUT2D eigenvalue weighted by molar-refractivity contribution is 8.00. The van der Waals surface area contributed by atoms with Crippen molar-refractivity contribution < 1.29 is 13.6 Å². The monoisotopic (exact) mass is 439 g/mol. The Morgan fingerprint density at radius 1 is 1.03 bits per heavy atom. The highest BCUT2D eigenvalue weighted by atomic mass is 32.2. The molecule has 0 atom stereocenters. The van der Waals surface area contributed by atoms with Gasteiger partial charge in [-0.25, -0.2) is 19.2 Å². The van der Waals surface area contributed by atoms with Crippen molar-refractivity contribution >= 4 is 45.4 Å². The summed E-state index contributed by atoms with van der Waals surface area (Å²) in [6, 6.07) is 18.6. The maximum absolute atomic E-state index is 13.5. The highest BCUT2D eigenvalue weighted by Crippen LogP contribution is 2.31. The van der Waals surface area contributed by atoms with Crippen LogP contribution in [0.15, 0.2) is 76.2 Å². The third kappa shape index (κ3) is 4.72. The molecular formula is C22H15F2N3OS2. The standard InChI is InChI=1S/C22H15F2N3OS2/c23-17-4-3-5-18(24)16(17)12-25-27-21(28)15-10-8-14(9-11-15)13-29-22-26-19-6-1-2-7-20(19)30-22/h1-12H,13H2,(H,27,28)/b25-12+. The number of hydrogen-bond acceptors (Lipinski definition) is 5. The number of rotatable bonds is 6. The summed E-state index contributed by atoms with van der Waals surface area (Å²) in [5, 5.41) is 3.64. The second-order valence-corrected chi connectivity index (χ2v) is 8.52. The first kappa shape index (κ1) is 20.2. The van der Waals surface area contributed by atoms with Gasteiger partial charge in [-0.3, -0.25) is 4.79 Å². The Kier molecular flexibility index (Phi) is 6.15. The molecule has 0 aliphatic rings. The SMILES string of the molecule is O=C(N/N=C/c1c(F)cccc1F)c1ccc(CSc2nc3ccccc3s2)cc1. The normalized spacial score (nSPS) is 11.3. The molecule has 1 amide bonds. The van der Waals surface area contributed by atoms with Crippen LogP contribution in [0.2, 0.25) is 0 Å². The second-order valence-electron chi connectivity index (χ2n) is 6.27. The van der Waals surface area contributed by atoms with Crippen LogP contribution >= 0.6 is 23.1 Å². The van der Waals surface area contributed by atoms with Gasteiger partial charge < -0.3 is 0 Å². The minimum Gasteiger partial charge on any atom is -0.267 e. The largest absolute Gasteiger partial charge is 0.271 e. The van der Waals surface area contributed by atoms with E-state index < -0.39 is 17.5 Å². The van der Waals surface area contributed by atoms with Crippen molar-refractivity contribution in [2.24, 2.45) is 5.10 Å². The van der Waals surface area contributed by atoms with E-state index in [-0.39, 0.29) is 5.56 Å². The highest BCUT2D eigenvalue weighted by Gasteiger charge is 2.08. The first-order valence-electron chi connectivity index (χ1n) is 8.95. The van der Waals surface area contributed by atoms with Crippen molar-refractivity contribution in [2.45, 2.75) is 10.1 Å². The van der Waals surface area contributed by atoms with Crippen molar-refractivity contribution in [3.8, 4) is 0 Å². The number of benzene rings is 3. The van der Waals surface area contributed by atoms with Crippen molar-refractivity contribution in [2.75, 3.05) is 0 Å². The molecule has 3 aromatic carbocycles. The number of para-hydroxylation sites is 1. The number of carbonyl (C=O) groups excluding carboxylic acids is 1. The minimum atomic E-state index is -0.747. The quantitative estimate of drug-likeness (QED) is 0.241. The van der Waals surface area contributed by atoms with Crippen molar-refractivity contribution in [3.05, 3.63) is 95.1 Å². The Morgan fingerprint density at radius 2 is 1.77 bits per heavy atom. The van der Waals surface area contributed by atoms with E-state index in [0.29, 0.717) is 5.56 Å². The summed E-state index contributed by atoms with van der Waals surface area (Å²) in [5.41, 5.74) is 4.41. The van der Waals surface area contributed by atoms with Gasteiger partial charge in [0.2, 0.25) is 0 Å². The Balaban J connectivity index is 1.34. The minimum absolute atomic E-state index is 0.306. The Hall–Kier alpha value is -3.10. The molecule has 0 radical (unpaired) electrons. The van der Waals surface area contributed by atoms with E-state index in [9.17, 15) is 13.6 Å². The van der Waals surface area contributed by atoms with Gasteiger partial charge in [0.25, 0.3) is 5.91 Å². The number of carbonyl (C=O) groups is 1. The lowest BCUT2D eigenvalue weighted by atomic mass is 10.1. The molecule has 30 heavy (non-hydrogen) atoms. The Labute approximate surface area is 179 Å². The van der Waals surface area contributed by atoms with Crippen LogP contribution in [-0.4, -0.2) is 17.1 Å². The van der Waals surface area contributed by atoms with Crippen LogP contribution in [0.4, 0.5) is 8.78 Å². The van der Waals surface area contributed by atoms with Gasteiger partial charge in [0.1, 0.15) is 11.6 Å². The van der Waals surface area contributed by atoms with Gasteiger partial charge in [0, 0.05) is 11.3 Å². The first-order valence-corrected chi connectivity index (χ1v) is 10.7. The summed E-state index contributed by atoms with van der Waals surface area (Å²) in [6.45, 7) is 0. The summed E-state index contributed by atoms with van der Waals surface area (Å²) in [4.78, 5) is 16.8. The average molecular weight is 440 g/mol. The number of aromatic nitrogens is 1. The summed E-state index contributed by atoms with van der Waals surface area (Å²) in [5.74, 6) is -1.23. The van der Waals surface area contributed by atoms with E-state index in [1.165, 1.54) is 6.07 Å². The van der Waals surface area contributed by atoms with Crippen molar-refractivity contribution in [3.63, 3.8) is 0 Å². The zero-order valence-corrected chi connectivity index (χ0v) is 17.1. The van der Waals surface area contributed by atoms with Crippen LogP contribution in [0.25, 0.3) is 10.2 Å². The topological polar surface area (TPSA) is 54.4 Å². The van der Waals surface area contributed by atoms with Gasteiger partial charge in [0.05, 0.1) is 22.0 Å². The molecule has 1 heterocycles. The van der Waals surface area contributed by atoms with Gasteiger partial charge in [-0.2, -0.15) is 5.10 Å². The lowest BCUT2D eigenvalue weighted by Gasteiger charge is -2.03. The van der Waals surface area contributed by atoms with E-state index in [4.69, 9.17) is 0 Å². The third-order valence-electron chi connectivity index (χ3n) is 4.21. The molecule has 0 bridgehead atoms. The third-order valence-corrected chi connectivity index (χ3v) is 6.46. The molecule has 0 saturated carbocycles. The number of fused-ring (bicyclic) bond motifs is 1. The number of amides is 1. The molecular weight excluding hydrogens is 424 g/mol. The molecule has 1 aromatic heterocycles. The molecule has 0 unspecified atom stereocenters. The summed E-state index contributed by atoms with van der Waals surface area (Å²) >= 11 is 3.29. The lowest BCUT2D eigenvalue weighted by Crippen LogP contribution is -2.17. The van der Waals surface area contributed by atoms with E-state index in [1.54, 1.807) is 35.2 Å². The molecule has 1 N–H and O–H groups in total. The fourth-order valence-corrected chi connectivity index (χ4v) is 4.69. The summed E-state index contributed by atoms with van der Waals surface area (Å²) in [7, 11) is 0. The zero-order chi connectivity index (χ0) is 20.9. The number of hydrogen-bond donors (Lipinski definition) is 1. The summed E-state index contributed by atoms with van der Waals surface area (Å²) < 4.78 is 29.2. The number of thiazole rings is 1. The van der Waals surface area contributed by atoms with Crippen LogP contribution in [-0.2, 0) is 5.75 Å². The predicted octanol–water partition coefficient (Wildman–Crippen LogP) is 5.63.